The molecule has 3 heteroatoms. The molecule has 0 aliphatic heterocycles. The van der Waals surface area contributed by atoms with Gasteiger partial charge in [-0.2, -0.15) is 0 Å². The van der Waals surface area contributed by atoms with Crippen LogP contribution in [0.3, 0.4) is 0 Å². The standard InChI is InChI=1S/C13H18O3/c1-2-16-12-8-5-7-11(10-12)6-3-4-9-13(14)15/h5,7-8,10H,2-4,6,9H2,1H3,(H,14,15). The normalized spacial score (nSPS) is 10.1. The van der Waals surface area contributed by atoms with Gasteiger partial charge < -0.3 is 9.84 Å². The SMILES string of the molecule is CCOc1cccc(CCCCC(=O)O)c1. The van der Waals surface area contributed by atoms with Gasteiger partial charge in [0.05, 0.1) is 6.61 Å². The van der Waals surface area contributed by atoms with Crippen molar-refractivity contribution in [3.63, 3.8) is 0 Å². The minimum absolute atomic E-state index is 0.255. The van der Waals surface area contributed by atoms with Crippen LogP contribution in [-0.4, -0.2) is 17.7 Å². The fraction of sp³-hybridized carbons (Fsp3) is 0.462. The van der Waals surface area contributed by atoms with Crippen molar-refractivity contribution >= 4 is 5.97 Å². The molecule has 0 fully saturated rings. The van der Waals surface area contributed by atoms with E-state index >= 15 is 0 Å². The zero-order valence-electron chi connectivity index (χ0n) is 9.61. The molecule has 88 valence electrons. The van der Waals surface area contributed by atoms with E-state index in [-0.39, 0.29) is 6.42 Å². The van der Waals surface area contributed by atoms with E-state index in [1.807, 2.05) is 31.2 Å². The smallest absolute Gasteiger partial charge is 0.303 e. The highest BCUT2D eigenvalue weighted by Crippen LogP contribution is 2.15. The number of ether oxygens (including phenoxy) is 1. The van der Waals surface area contributed by atoms with Crippen LogP contribution in [-0.2, 0) is 11.2 Å². The fourth-order valence-electron chi connectivity index (χ4n) is 1.56. The van der Waals surface area contributed by atoms with Gasteiger partial charge in [0.25, 0.3) is 0 Å². The van der Waals surface area contributed by atoms with Gasteiger partial charge in [0.15, 0.2) is 0 Å². The summed E-state index contributed by atoms with van der Waals surface area (Å²) >= 11 is 0. The first-order chi connectivity index (χ1) is 7.72. The van der Waals surface area contributed by atoms with Crippen LogP contribution in [0, 0.1) is 0 Å². The Labute approximate surface area is 96.1 Å². The van der Waals surface area contributed by atoms with E-state index in [4.69, 9.17) is 9.84 Å². The Kier molecular flexibility index (Phi) is 5.40. The summed E-state index contributed by atoms with van der Waals surface area (Å²) in [4.78, 5) is 10.3. The van der Waals surface area contributed by atoms with E-state index in [9.17, 15) is 4.79 Å². The van der Waals surface area contributed by atoms with E-state index < -0.39 is 5.97 Å². The third-order valence-corrected chi connectivity index (χ3v) is 2.32. The molecule has 0 bridgehead atoms. The zero-order valence-corrected chi connectivity index (χ0v) is 9.61. The van der Waals surface area contributed by atoms with E-state index in [1.54, 1.807) is 0 Å². The molecule has 16 heavy (non-hydrogen) atoms. The molecule has 1 aromatic rings. The molecule has 0 saturated carbocycles. The maximum Gasteiger partial charge on any atom is 0.303 e. The second-order valence-corrected chi connectivity index (χ2v) is 3.68. The number of hydrogen-bond donors (Lipinski definition) is 1. The summed E-state index contributed by atoms with van der Waals surface area (Å²) in [6, 6.07) is 7.97. The van der Waals surface area contributed by atoms with Gasteiger partial charge in [-0.3, -0.25) is 4.79 Å². The van der Waals surface area contributed by atoms with Crippen molar-refractivity contribution in [3.05, 3.63) is 29.8 Å². The lowest BCUT2D eigenvalue weighted by molar-refractivity contribution is -0.137. The summed E-state index contributed by atoms with van der Waals surface area (Å²) in [5.74, 6) is 0.168. The van der Waals surface area contributed by atoms with Gasteiger partial charge in [-0.25, -0.2) is 0 Å². The molecule has 3 nitrogen and oxygen atoms in total. The molecule has 0 unspecified atom stereocenters. The number of carboxylic acid groups (broad SMARTS) is 1. The minimum Gasteiger partial charge on any atom is -0.494 e. The fourth-order valence-corrected chi connectivity index (χ4v) is 1.56. The predicted molar refractivity (Wildman–Crippen MR) is 62.8 cm³/mol. The summed E-state index contributed by atoms with van der Waals surface area (Å²) in [6.45, 7) is 2.63. The molecule has 0 heterocycles. The van der Waals surface area contributed by atoms with Crippen molar-refractivity contribution < 1.29 is 14.6 Å². The van der Waals surface area contributed by atoms with Crippen LogP contribution in [0.1, 0.15) is 31.7 Å². The lowest BCUT2D eigenvalue weighted by Crippen LogP contribution is -1.95. The topological polar surface area (TPSA) is 46.5 Å². The average Bonchev–Trinajstić information content (AvgIpc) is 2.25. The first kappa shape index (κ1) is 12.6. The highest BCUT2D eigenvalue weighted by Gasteiger charge is 1.99. The summed E-state index contributed by atoms with van der Waals surface area (Å²) in [5, 5.41) is 8.50. The Hall–Kier alpha value is -1.51. The van der Waals surface area contributed by atoms with Crippen LogP contribution < -0.4 is 4.74 Å². The van der Waals surface area contributed by atoms with Crippen molar-refractivity contribution in [3.8, 4) is 5.75 Å². The maximum absolute atomic E-state index is 10.3. The Morgan fingerprint density at radius 2 is 2.19 bits per heavy atom. The maximum atomic E-state index is 10.3. The van der Waals surface area contributed by atoms with Crippen LogP contribution in [0.25, 0.3) is 0 Å². The molecule has 0 amide bonds. The highest BCUT2D eigenvalue weighted by molar-refractivity contribution is 5.66. The number of carbonyl (C=O) groups is 1. The number of carboxylic acids is 1. The number of benzene rings is 1. The summed E-state index contributed by atoms with van der Waals surface area (Å²) < 4.78 is 5.40. The van der Waals surface area contributed by atoms with Crippen LogP contribution in [0.5, 0.6) is 5.75 Å². The lowest BCUT2D eigenvalue weighted by atomic mass is 10.1. The quantitative estimate of drug-likeness (QED) is 0.721. The number of aliphatic carboxylic acids is 1. The molecule has 0 spiro atoms. The van der Waals surface area contributed by atoms with E-state index in [2.05, 4.69) is 0 Å². The highest BCUT2D eigenvalue weighted by atomic mass is 16.5. The van der Waals surface area contributed by atoms with Crippen LogP contribution in [0.15, 0.2) is 24.3 Å². The van der Waals surface area contributed by atoms with Gasteiger partial charge in [-0.05, 0) is 43.9 Å². The van der Waals surface area contributed by atoms with E-state index in [0.717, 1.165) is 25.0 Å². The van der Waals surface area contributed by atoms with Gasteiger partial charge in [0.2, 0.25) is 0 Å². The summed E-state index contributed by atoms with van der Waals surface area (Å²) in [6.07, 6.45) is 2.80. The van der Waals surface area contributed by atoms with Gasteiger partial charge in [-0.15, -0.1) is 0 Å². The predicted octanol–water partition coefficient (Wildman–Crippen LogP) is 2.88. The average molecular weight is 222 g/mol. The van der Waals surface area contributed by atoms with Crippen LogP contribution in [0.4, 0.5) is 0 Å². The Bertz CT molecular complexity index is 334. The molecule has 1 N–H and O–H groups in total. The summed E-state index contributed by atoms with van der Waals surface area (Å²) in [5.41, 5.74) is 1.20. The summed E-state index contributed by atoms with van der Waals surface area (Å²) in [7, 11) is 0. The van der Waals surface area contributed by atoms with Crippen molar-refractivity contribution in [2.75, 3.05) is 6.61 Å². The molecule has 1 rings (SSSR count). The van der Waals surface area contributed by atoms with Crippen molar-refractivity contribution in [1.82, 2.24) is 0 Å². The Morgan fingerprint density at radius 1 is 1.38 bits per heavy atom. The minimum atomic E-state index is -0.719. The first-order valence-electron chi connectivity index (χ1n) is 5.66. The lowest BCUT2D eigenvalue weighted by Gasteiger charge is -2.05. The zero-order chi connectivity index (χ0) is 11.8. The molecule has 0 aromatic heterocycles. The molecule has 1 aromatic carbocycles. The number of rotatable bonds is 7. The Balaban J connectivity index is 2.35. The third-order valence-electron chi connectivity index (χ3n) is 2.32. The largest absolute Gasteiger partial charge is 0.494 e. The molecule has 0 radical (unpaired) electrons. The molecule has 0 aliphatic rings. The second kappa shape index (κ2) is 6.88. The molecule has 0 aliphatic carbocycles. The van der Waals surface area contributed by atoms with Crippen LogP contribution in [0.2, 0.25) is 0 Å². The molecule has 0 atom stereocenters. The van der Waals surface area contributed by atoms with Gasteiger partial charge in [-0.1, -0.05) is 12.1 Å². The molecular formula is C13H18O3. The van der Waals surface area contributed by atoms with Gasteiger partial charge >= 0.3 is 5.97 Å². The molecular weight excluding hydrogens is 204 g/mol. The first-order valence-corrected chi connectivity index (χ1v) is 5.66. The van der Waals surface area contributed by atoms with Crippen LogP contribution >= 0.6 is 0 Å². The number of hydrogen-bond acceptors (Lipinski definition) is 2. The second-order valence-electron chi connectivity index (χ2n) is 3.68. The Morgan fingerprint density at radius 3 is 2.88 bits per heavy atom. The van der Waals surface area contributed by atoms with Gasteiger partial charge in [0, 0.05) is 6.42 Å². The monoisotopic (exact) mass is 222 g/mol. The van der Waals surface area contributed by atoms with Crippen molar-refractivity contribution in [2.24, 2.45) is 0 Å². The molecule has 0 saturated heterocycles. The van der Waals surface area contributed by atoms with E-state index in [1.165, 1.54) is 5.56 Å². The van der Waals surface area contributed by atoms with E-state index in [0.29, 0.717) is 6.61 Å². The van der Waals surface area contributed by atoms with Gasteiger partial charge in [0.1, 0.15) is 5.75 Å². The number of unbranched alkanes of at least 4 members (excludes halogenated alkanes) is 1. The third kappa shape index (κ3) is 4.82. The number of aryl methyl sites for hydroxylation is 1. The van der Waals surface area contributed by atoms with Crippen molar-refractivity contribution in [1.29, 1.82) is 0 Å². The van der Waals surface area contributed by atoms with Crippen molar-refractivity contribution in [2.45, 2.75) is 32.6 Å².